The molecule has 19 heavy (non-hydrogen) atoms. The molecule has 0 spiro atoms. The standard InChI is InChI=1S/C14H22N2O3/c1-16-10-3-2-4-11(16)8-9(7-10)15-12(17)14(5-6-14)13(18)19/h9-11H,2-8H2,1H3,(H,15,17)(H,18,19). The summed E-state index contributed by atoms with van der Waals surface area (Å²) in [6.45, 7) is 0. The summed E-state index contributed by atoms with van der Waals surface area (Å²) in [6, 6.07) is 1.27. The molecule has 3 fully saturated rings. The molecule has 3 aliphatic rings. The average Bonchev–Trinajstić information content (AvgIpc) is 3.11. The van der Waals surface area contributed by atoms with Gasteiger partial charge in [0.2, 0.25) is 5.91 Å². The van der Waals surface area contributed by atoms with E-state index in [2.05, 4.69) is 17.3 Å². The molecule has 1 aliphatic carbocycles. The molecule has 5 heteroatoms. The minimum atomic E-state index is -1.10. The molecule has 5 nitrogen and oxygen atoms in total. The topological polar surface area (TPSA) is 69.6 Å². The van der Waals surface area contributed by atoms with Gasteiger partial charge in [0, 0.05) is 18.1 Å². The monoisotopic (exact) mass is 266 g/mol. The number of hydrogen-bond donors (Lipinski definition) is 2. The van der Waals surface area contributed by atoms with Crippen LogP contribution in [0.5, 0.6) is 0 Å². The highest BCUT2D eigenvalue weighted by Gasteiger charge is 2.57. The molecular formula is C14H22N2O3. The lowest BCUT2D eigenvalue weighted by molar-refractivity contribution is -0.149. The molecule has 2 bridgehead atoms. The van der Waals surface area contributed by atoms with E-state index in [0.717, 1.165) is 12.8 Å². The van der Waals surface area contributed by atoms with Crippen molar-refractivity contribution in [3.05, 3.63) is 0 Å². The van der Waals surface area contributed by atoms with Crippen molar-refractivity contribution >= 4 is 11.9 Å². The summed E-state index contributed by atoms with van der Waals surface area (Å²) >= 11 is 0. The first-order valence-electron chi connectivity index (χ1n) is 7.29. The maximum Gasteiger partial charge on any atom is 0.319 e. The summed E-state index contributed by atoms with van der Waals surface area (Å²) in [4.78, 5) is 25.7. The third-order valence-corrected chi connectivity index (χ3v) is 5.27. The molecule has 106 valence electrons. The Morgan fingerprint density at radius 2 is 1.79 bits per heavy atom. The van der Waals surface area contributed by atoms with Gasteiger partial charge in [-0.3, -0.25) is 9.59 Å². The zero-order valence-electron chi connectivity index (χ0n) is 11.4. The number of nitrogens with zero attached hydrogens (tertiary/aromatic N) is 1. The van der Waals surface area contributed by atoms with Crippen LogP contribution in [0, 0.1) is 5.41 Å². The van der Waals surface area contributed by atoms with E-state index in [1.54, 1.807) is 0 Å². The smallest absolute Gasteiger partial charge is 0.319 e. The van der Waals surface area contributed by atoms with Crippen LogP contribution in [-0.4, -0.2) is 47.1 Å². The maximum absolute atomic E-state index is 12.1. The Bertz CT molecular complexity index is 391. The Hall–Kier alpha value is -1.10. The second-order valence-corrected chi connectivity index (χ2v) is 6.43. The zero-order valence-corrected chi connectivity index (χ0v) is 11.4. The summed E-state index contributed by atoms with van der Waals surface area (Å²) < 4.78 is 0. The first-order valence-corrected chi connectivity index (χ1v) is 7.29. The molecule has 1 saturated carbocycles. The quantitative estimate of drug-likeness (QED) is 0.747. The van der Waals surface area contributed by atoms with E-state index in [1.165, 1.54) is 19.3 Å². The molecule has 2 saturated heterocycles. The number of amides is 1. The summed E-state index contributed by atoms with van der Waals surface area (Å²) in [5, 5.41) is 12.1. The van der Waals surface area contributed by atoms with Crippen LogP contribution in [0.1, 0.15) is 44.9 Å². The average molecular weight is 266 g/mol. The predicted octanol–water partition coefficient (Wildman–Crippen LogP) is 0.983. The molecule has 3 rings (SSSR count). The van der Waals surface area contributed by atoms with Crippen LogP contribution in [0.4, 0.5) is 0 Å². The number of hydrogen-bond acceptors (Lipinski definition) is 3. The number of fused-ring (bicyclic) bond motifs is 2. The van der Waals surface area contributed by atoms with E-state index >= 15 is 0 Å². The van der Waals surface area contributed by atoms with Crippen molar-refractivity contribution in [3.63, 3.8) is 0 Å². The van der Waals surface area contributed by atoms with Crippen molar-refractivity contribution in [2.24, 2.45) is 5.41 Å². The van der Waals surface area contributed by atoms with Crippen LogP contribution >= 0.6 is 0 Å². The fourth-order valence-corrected chi connectivity index (χ4v) is 3.72. The minimum absolute atomic E-state index is 0.163. The Labute approximate surface area is 113 Å². The van der Waals surface area contributed by atoms with Gasteiger partial charge in [0.05, 0.1) is 0 Å². The largest absolute Gasteiger partial charge is 0.480 e. The third kappa shape index (κ3) is 2.14. The SMILES string of the molecule is CN1C2CCCC1CC(NC(=O)C1(C(=O)O)CC1)C2. The number of nitrogens with one attached hydrogen (secondary N) is 1. The lowest BCUT2D eigenvalue weighted by atomic mass is 9.82. The van der Waals surface area contributed by atoms with Gasteiger partial charge in [0.15, 0.2) is 0 Å². The summed E-state index contributed by atoms with van der Waals surface area (Å²) in [6.07, 6.45) is 6.59. The van der Waals surface area contributed by atoms with Crippen molar-refractivity contribution in [3.8, 4) is 0 Å². The van der Waals surface area contributed by atoms with Crippen molar-refractivity contribution in [1.29, 1.82) is 0 Å². The van der Waals surface area contributed by atoms with Gasteiger partial charge in [0.1, 0.15) is 5.41 Å². The van der Waals surface area contributed by atoms with Gasteiger partial charge in [0.25, 0.3) is 0 Å². The number of carbonyl (C=O) groups excluding carboxylic acids is 1. The fraction of sp³-hybridized carbons (Fsp3) is 0.857. The summed E-state index contributed by atoms with van der Waals surface area (Å²) in [7, 11) is 2.17. The highest BCUT2D eigenvalue weighted by atomic mass is 16.4. The molecular weight excluding hydrogens is 244 g/mol. The van der Waals surface area contributed by atoms with Crippen molar-refractivity contribution in [1.82, 2.24) is 10.2 Å². The summed E-state index contributed by atoms with van der Waals surface area (Å²) in [5.41, 5.74) is -1.10. The van der Waals surface area contributed by atoms with Gasteiger partial charge < -0.3 is 15.3 Å². The van der Waals surface area contributed by atoms with E-state index in [9.17, 15) is 9.59 Å². The summed E-state index contributed by atoms with van der Waals surface area (Å²) in [5.74, 6) is -1.22. The lowest BCUT2D eigenvalue weighted by Gasteiger charge is -2.47. The molecule has 2 heterocycles. The first-order chi connectivity index (χ1) is 9.03. The van der Waals surface area contributed by atoms with Gasteiger partial charge in [-0.05, 0) is 45.6 Å². The Balaban J connectivity index is 1.62. The number of rotatable bonds is 3. The molecule has 2 aliphatic heterocycles. The van der Waals surface area contributed by atoms with Gasteiger partial charge >= 0.3 is 5.97 Å². The van der Waals surface area contributed by atoms with E-state index in [1.807, 2.05) is 0 Å². The molecule has 0 aromatic carbocycles. The molecule has 2 N–H and O–H groups in total. The Morgan fingerprint density at radius 1 is 1.21 bits per heavy atom. The normalized spacial score (nSPS) is 36.6. The van der Waals surface area contributed by atoms with Crippen molar-refractivity contribution in [2.45, 2.75) is 63.1 Å². The third-order valence-electron chi connectivity index (χ3n) is 5.27. The molecule has 2 unspecified atom stereocenters. The van der Waals surface area contributed by atoms with Gasteiger partial charge in [-0.25, -0.2) is 0 Å². The van der Waals surface area contributed by atoms with E-state index in [-0.39, 0.29) is 11.9 Å². The van der Waals surface area contributed by atoms with E-state index in [4.69, 9.17) is 5.11 Å². The number of carboxylic acid groups (broad SMARTS) is 1. The van der Waals surface area contributed by atoms with Crippen LogP contribution in [0.2, 0.25) is 0 Å². The van der Waals surface area contributed by atoms with Crippen LogP contribution in [0.15, 0.2) is 0 Å². The van der Waals surface area contributed by atoms with Crippen LogP contribution in [-0.2, 0) is 9.59 Å². The first kappa shape index (κ1) is 12.9. The number of aliphatic carboxylic acids is 1. The second-order valence-electron chi connectivity index (χ2n) is 6.43. The maximum atomic E-state index is 12.1. The minimum Gasteiger partial charge on any atom is -0.480 e. The van der Waals surface area contributed by atoms with Gasteiger partial charge in [-0.15, -0.1) is 0 Å². The zero-order chi connectivity index (χ0) is 13.6. The van der Waals surface area contributed by atoms with Crippen LogP contribution in [0.25, 0.3) is 0 Å². The Kier molecular flexibility index (Phi) is 3.04. The highest BCUT2D eigenvalue weighted by molar-refractivity contribution is 6.04. The molecule has 0 aromatic heterocycles. The van der Waals surface area contributed by atoms with E-state index < -0.39 is 11.4 Å². The number of carboxylic acids is 1. The molecule has 2 atom stereocenters. The lowest BCUT2D eigenvalue weighted by Crippen LogP contribution is -2.56. The predicted molar refractivity (Wildman–Crippen MR) is 69.7 cm³/mol. The Morgan fingerprint density at radius 3 is 2.26 bits per heavy atom. The van der Waals surface area contributed by atoms with E-state index in [0.29, 0.717) is 24.9 Å². The van der Waals surface area contributed by atoms with Crippen LogP contribution in [0.3, 0.4) is 0 Å². The molecule has 0 radical (unpaired) electrons. The van der Waals surface area contributed by atoms with Crippen molar-refractivity contribution in [2.75, 3.05) is 7.05 Å². The van der Waals surface area contributed by atoms with Gasteiger partial charge in [-0.2, -0.15) is 0 Å². The second kappa shape index (κ2) is 4.47. The van der Waals surface area contributed by atoms with Gasteiger partial charge in [-0.1, -0.05) is 6.42 Å². The number of carbonyl (C=O) groups is 2. The molecule has 0 aromatic rings. The highest BCUT2D eigenvalue weighted by Crippen LogP contribution is 2.46. The molecule has 1 amide bonds. The fourth-order valence-electron chi connectivity index (χ4n) is 3.72. The number of piperidine rings is 2. The van der Waals surface area contributed by atoms with Crippen molar-refractivity contribution < 1.29 is 14.7 Å². The van der Waals surface area contributed by atoms with Crippen LogP contribution < -0.4 is 5.32 Å².